The average molecular weight is 265 g/mol. The van der Waals surface area contributed by atoms with Crippen molar-refractivity contribution in [1.82, 2.24) is 5.43 Å². The molecule has 0 aliphatic heterocycles. The fraction of sp³-hybridized carbons (Fsp3) is 0.467. The number of aryl methyl sites for hydroxylation is 1. The molecule has 0 saturated carbocycles. The molecular formula is C15H21ClN2. The molecule has 3 heteroatoms. The zero-order valence-corrected chi connectivity index (χ0v) is 11.6. The Morgan fingerprint density at radius 1 is 1.28 bits per heavy atom. The normalized spacial score (nSPS) is 18.1. The molecule has 0 amide bonds. The Bertz CT molecular complexity index is 440. The minimum absolute atomic E-state index is 0.0989. The van der Waals surface area contributed by atoms with E-state index in [0.717, 1.165) is 17.9 Å². The summed E-state index contributed by atoms with van der Waals surface area (Å²) in [7, 11) is 0. The lowest BCUT2D eigenvalue weighted by molar-refractivity contribution is 0.590. The van der Waals surface area contributed by atoms with Crippen LogP contribution in [0.4, 0.5) is 0 Å². The summed E-state index contributed by atoms with van der Waals surface area (Å²) in [6.45, 7) is 2.10. The van der Waals surface area contributed by atoms with Crippen molar-refractivity contribution in [2.45, 2.75) is 45.1 Å². The first-order valence-electron chi connectivity index (χ1n) is 6.63. The number of nitrogens with one attached hydrogen (secondary N) is 1. The van der Waals surface area contributed by atoms with Crippen LogP contribution in [0.25, 0.3) is 0 Å². The van der Waals surface area contributed by atoms with E-state index in [9.17, 15) is 0 Å². The predicted molar refractivity (Wildman–Crippen MR) is 77.4 cm³/mol. The molecule has 1 aromatic carbocycles. The fourth-order valence-electron chi connectivity index (χ4n) is 2.62. The molecule has 3 N–H and O–H groups in total. The Morgan fingerprint density at radius 3 is 2.89 bits per heavy atom. The van der Waals surface area contributed by atoms with E-state index in [0.29, 0.717) is 0 Å². The molecule has 98 valence electrons. The van der Waals surface area contributed by atoms with Crippen molar-refractivity contribution < 1.29 is 0 Å². The van der Waals surface area contributed by atoms with Gasteiger partial charge in [-0.05, 0) is 55.9 Å². The molecule has 1 aliphatic carbocycles. The molecule has 1 aromatic rings. The van der Waals surface area contributed by atoms with Crippen molar-refractivity contribution in [3.05, 3.63) is 46.0 Å². The number of hydrogen-bond acceptors (Lipinski definition) is 2. The minimum Gasteiger partial charge on any atom is -0.271 e. The first-order valence-corrected chi connectivity index (χ1v) is 7.01. The molecule has 0 aromatic heterocycles. The molecule has 0 bridgehead atoms. The third-order valence-corrected chi connectivity index (χ3v) is 3.90. The number of benzene rings is 1. The maximum absolute atomic E-state index is 6.10. The topological polar surface area (TPSA) is 38.0 Å². The fourth-order valence-corrected chi connectivity index (χ4v) is 2.80. The lowest BCUT2D eigenvalue weighted by atomic mass is 9.93. The van der Waals surface area contributed by atoms with E-state index < -0.39 is 0 Å². The van der Waals surface area contributed by atoms with E-state index in [4.69, 9.17) is 17.4 Å². The number of halogens is 1. The van der Waals surface area contributed by atoms with Crippen LogP contribution >= 0.6 is 11.6 Å². The second kappa shape index (κ2) is 6.37. The van der Waals surface area contributed by atoms with Gasteiger partial charge >= 0.3 is 0 Å². The Balaban J connectivity index is 2.32. The summed E-state index contributed by atoms with van der Waals surface area (Å²) < 4.78 is 0. The quantitative estimate of drug-likeness (QED) is 0.491. The van der Waals surface area contributed by atoms with Gasteiger partial charge in [-0.25, -0.2) is 5.43 Å². The highest BCUT2D eigenvalue weighted by atomic mass is 35.5. The summed E-state index contributed by atoms with van der Waals surface area (Å²) in [5.41, 5.74) is 6.78. The Labute approximate surface area is 114 Å². The summed E-state index contributed by atoms with van der Waals surface area (Å²) in [5.74, 6) is 5.77. The van der Waals surface area contributed by atoms with E-state index in [1.807, 2.05) is 12.1 Å². The number of nitrogens with two attached hydrogens (primary N) is 1. The van der Waals surface area contributed by atoms with E-state index in [1.165, 1.54) is 36.0 Å². The van der Waals surface area contributed by atoms with Gasteiger partial charge in [-0.3, -0.25) is 5.84 Å². The molecule has 1 unspecified atom stereocenters. The third kappa shape index (κ3) is 3.14. The number of hydrogen-bond donors (Lipinski definition) is 2. The van der Waals surface area contributed by atoms with Gasteiger partial charge in [-0.1, -0.05) is 35.7 Å². The van der Waals surface area contributed by atoms with Crippen LogP contribution in [-0.4, -0.2) is 0 Å². The molecule has 18 heavy (non-hydrogen) atoms. The molecule has 0 spiro atoms. The van der Waals surface area contributed by atoms with Crippen molar-refractivity contribution in [1.29, 1.82) is 0 Å². The standard InChI is InChI=1S/C15H21ClN2/c1-11-8-9-13(16)10-14(11)15(18-17)12-6-4-2-3-5-7-12/h6,8-10,15,18H,2-5,7,17H2,1H3. The van der Waals surface area contributed by atoms with Crippen LogP contribution < -0.4 is 11.3 Å². The summed E-state index contributed by atoms with van der Waals surface area (Å²) in [6, 6.07) is 6.10. The van der Waals surface area contributed by atoms with Crippen LogP contribution in [0, 0.1) is 6.92 Å². The summed E-state index contributed by atoms with van der Waals surface area (Å²) in [5, 5.41) is 0.769. The molecule has 0 saturated heterocycles. The summed E-state index contributed by atoms with van der Waals surface area (Å²) in [4.78, 5) is 0. The zero-order valence-electron chi connectivity index (χ0n) is 10.9. The van der Waals surface area contributed by atoms with Crippen molar-refractivity contribution in [2.75, 3.05) is 0 Å². The molecule has 2 rings (SSSR count). The van der Waals surface area contributed by atoms with Gasteiger partial charge in [0.1, 0.15) is 0 Å². The minimum atomic E-state index is 0.0989. The Morgan fingerprint density at radius 2 is 2.11 bits per heavy atom. The van der Waals surface area contributed by atoms with Gasteiger partial charge in [0.2, 0.25) is 0 Å². The lowest BCUT2D eigenvalue weighted by Crippen LogP contribution is -2.30. The highest BCUT2D eigenvalue weighted by Crippen LogP contribution is 2.31. The van der Waals surface area contributed by atoms with Crippen molar-refractivity contribution in [2.24, 2.45) is 5.84 Å². The van der Waals surface area contributed by atoms with E-state index in [-0.39, 0.29) is 6.04 Å². The van der Waals surface area contributed by atoms with Gasteiger partial charge < -0.3 is 0 Å². The smallest absolute Gasteiger partial charge is 0.0673 e. The van der Waals surface area contributed by atoms with Gasteiger partial charge in [0, 0.05) is 5.02 Å². The lowest BCUT2D eigenvalue weighted by Gasteiger charge is -2.22. The van der Waals surface area contributed by atoms with Crippen LogP contribution in [0.3, 0.4) is 0 Å². The summed E-state index contributed by atoms with van der Waals surface area (Å²) in [6.07, 6.45) is 8.48. The Kier molecular flexibility index (Phi) is 4.81. The van der Waals surface area contributed by atoms with Crippen molar-refractivity contribution in [3.63, 3.8) is 0 Å². The first kappa shape index (κ1) is 13.6. The maximum Gasteiger partial charge on any atom is 0.0673 e. The average Bonchev–Trinajstić information content (AvgIpc) is 2.64. The van der Waals surface area contributed by atoms with Crippen LogP contribution in [0.5, 0.6) is 0 Å². The molecule has 1 atom stereocenters. The van der Waals surface area contributed by atoms with Gasteiger partial charge in [0.15, 0.2) is 0 Å². The van der Waals surface area contributed by atoms with Crippen molar-refractivity contribution >= 4 is 11.6 Å². The third-order valence-electron chi connectivity index (χ3n) is 3.67. The molecule has 1 aliphatic rings. The molecule has 0 heterocycles. The first-order chi connectivity index (χ1) is 8.72. The second-order valence-corrected chi connectivity index (χ2v) is 5.42. The highest BCUT2D eigenvalue weighted by Gasteiger charge is 2.18. The molecule has 0 fully saturated rings. The highest BCUT2D eigenvalue weighted by molar-refractivity contribution is 6.30. The van der Waals surface area contributed by atoms with Gasteiger partial charge in [-0.2, -0.15) is 0 Å². The Hall–Kier alpha value is -0.830. The van der Waals surface area contributed by atoms with E-state index in [1.54, 1.807) is 0 Å². The molecule has 0 radical (unpaired) electrons. The predicted octanol–water partition coefficient (Wildman–Crippen LogP) is 4.04. The molecule has 2 nitrogen and oxygen atoms in total. The number of rotatable bonds is 3. The maximum atomic E-state index is 6.10. The van der Waals surface area contributed by atoms with Crippen LogP contribution in [0.1, 0.15) is 49.3 Å². The SMILES string of the molecule is Cc1ccc(Cl)cc1C(NN)C1=CCCCCC1. The van der Waals surface area contributed by atoms with Gasteiger partial charge in [-0.15, -0.1) is 0 Å². The van der Waals surface area contributed by atoms with Crippen LogP contribution in [0.2, 0.25) is 5.02 Å². The van der Waals surface area contributed by atoms with Crippen LogP contribution in [0.15, 0.2) is 29.8 Å². The largest absolute Gasteiger partial charge is 0.271 e. The van der Waals surface area contributed by atoms with Gasteiger partial charge in [0.05, 0.1) is 6.04 Å². The zero-order chi connectivity index (χ0) is 13.0. The summed E-state index contributed by atoms with van der Waals surface area (Å²) >= 11 is 6.10. The van der Waals surface area contributed by atoms with Crippen molar-refractivity contribution in [3.8, 4) is 0 Å². The monoisotopic (exact) mass is 264 g/mol. The van der Waals surface area contributed by atoms with E-state index >= 15 is 0 Å². The van der Waals surface area contributed by atoms with E-state index in [2.05, 4.69) is 24.5 Å². The van der Waals surface area contributed by atoms with Crippen LogP contribution in [-0.2, 0) is 0 Å². The second-order valence-electron chi connectivity index (χ2n) is 4.98. The number of allylic oxidation sites excluding steroid dienone is 1. The molecular weight excluding hydrogens is 244 g/mol. The van der Waals surface area contributed by atoms with Gasteiger partial charge in [0.25, 0.3) is 0 Å². The number of hydrazine groups is 1.